The van der Waals surface area contributed by atoms with E-state index in [2.05, 4.69) is 39.0 Å². The predicted molar refractivity (Wildman–Crippen MR) is 102 cm³/mol. The summed E-state index contributed by atoms with van der Waals surface area (Å²) in [6.45, 7) is 6.61. The fourth-order valence-corrected chi connectivity index (χ4v) is 2.94. The third-order valence-electron chi connectivity index (χ3n) is 4.16. The zero-order chi connectivity index (χ0) is 18.3. The van der Waals surface area contributed by atoms with Gasteiger partial charge in [0.2, 0.25) is 0 Å². The van der Waals surface area contributed by atoms with Crippen molar-refractivity contribution >= 4 is 6.09 Å². The minimum atomic E-state index is -0.752. The van der Waals surface area contributed by atoms with Crippen LogP contribution in [0.5, 0.6) is 0 Å². The Labute approximate surface area is 150 Å². The van der Waals surface area contributed by atoms with Crippen LogP contribution in [0.15, 0.2) is 72.8 Å². The fraction of sp³-hybridized carbons (Fsp3) is 0.318. The molecule has 3 heteroatoms. The molecule has 0 spiro atoms. The molecule has 0 bridgehead atoms. The number of amides is 1. The van der Waals surface area contributed by atoms with Crippen molar-refractivity contribution in [2.24, 2.45) is 11.1 Å². The molecule has 132 valence electrons. The van der Waals surface area contributed by atoms with Crippen molar-refractivity contribution in [3.05, 3.63) is 83.9 Å². The third kappa shape index (κ3) is 6.11. The summed E-state index contributed by atoms with van der Waals surface area (Å²) in [5, 5.41) is 0. The number of allylic oxidation sites excluding steroid dienone is 1. The highest BCUT2D eigenvalue weighted by Crippen LogP contribution is 2.36. The van der Waals surface area contributed by atoms with E-state index in [9.17, 15) is 4.79 Å². The van der Waals surface area contributed by atoms with E-state index >= 15 is 0 Å². The topological polar surface area (TPSA) is 52.3 Å². The van der Waals surface area contributed by atoms with Gasteiger partial charge in [-0.3, -0.25) is 0 Å². The Morgan fingerprint density at radius 3 is 2.08 bits per heavy atom. The Bertz CT molecular complexity index is 687. The van der Waals surface area contributed by atoms with E-state index in [0.717, 1.165) is 5.56 Å². The molecule has 0 aliphatic heterocycles. The Hall–Kier alpha value is -2.55. The van der Waals surface area contributed by atoms with Crippen molar-refractivity contribution in [1.29, 1.82) is 0 Å². The number of carbonyl (C=O) groups excluding carboxylic acids is 1. The lowest BCUT2D eigenvalue weighted by atomic mass is 9.76. The van der Waals surface area contributed by atoms with E-state index in [1.807, 2.05) is 54.6 Å². The highest BCUT2D eigenvalue weighted by atomic mass is 16.6. The van der Waals surface area contributed by atoms with Crippen LogP contribution in [0.3, 0.4) is 0 Å². The first kappa shape index (κ1) is 18.8. The van der Waals surface area contributed by atoms with E-state index in [1.165, 1.54) is 5.56 Å². The van der Waals surface area contributed by atoms with Crippen molar-refractivity contribution in [2.45, 2.75) is 39.2 Å². The van der Waals surface area contributed by atoms with Gasteiger partial charge in [0.05, 0.1) is 0 Å². The lowest BCUT2D eigenvalue weighted by Crippen LogP contribution is -2.24. The largest absolute Gasteiger partial charge is 0.442 e. The number of hydrogen-bond acceptors (Lipinski definition) is 2. The SMILES string of the molecule is CC(C)(C)C(/C=C\[C@H](Cc1ccccc1)OC(N)=O)c1ccccc1. The summed E-state index contributed by atoms with van der Waals surface area (Å²) in [6.07, 6.45) is 3.56. The van der Waals surface area contributed by atoms with Gasteiger partial charge < -0.3 is 10.5 Å². The molecule has 0 saturated heterocycles. The lowest BCUT2D eigenvalue weighted by Gasteiger charge is -2.29. The Morgan fingerprint density at radius 1 is 1.00 bits per heavy atom. The van der Waals surface area contributed by atoms with E-state index in [-0.39, 0.29) is 17.4 Å². The molecule has 0 saturated carbocycles. The van der Waals surface area contributed by atoms with Gasteiger partial charge in [0.1, 0.15) is 6.10 Å². The molecule has 0 radical (unpaired) electrons. The molecule has 3 nitrogen and oxygen atoms in total. The number of rotatable bonds is 6. The van der Waals surface area contributed by atoms with Gasteiger partial charge >= 0.3 is 6.09 Å². The van der Waals surface area contributed by atoms with Gasteiger partial charge in [-0.2, -0.15) is 0 Å². The summed E-state index contributed by atoms with van der Waals surface area (Å²) in [7, 11) is 0. The number of primary amides is 1. The summed E-state index contributed by atoms with van der Waals surface area (Å²) in [4.78, 5) is 11.3. The van der Waals surface area contributed by atoms with Crippen LogP contribution in [0.25, 0.3) is 0 Å². The van der Waals surface area contributed by atoms with Gasteiger partial charge in [0.25, 0.3) is 0 Å². The minimum Gasteiger partial charge on any atom is -0.442 e. The second-order valence-electron chi connectivity index (χ2n) is 7.30. The minimum absolute atomic E-state index is 0.0435. The summed E-state index contributed by atoms with van der Waals surface area (Å²) in [5.74, 6) is 0.212. The molecule has 25 heavy (non-hydrogen) atoms. The fourth-order valence-electron chi connectivity index (χ4n) is 2.94. The summed E-state index contributed by atoms with van der Waals surface area (Å²) < 4.78 is 5.31. The molecule has 0 aliphatic carbocycles. The first-order valence-corrected chi connectivity index (χ1v) is 8.59. The van der Waals surface area contributed by atoms with E-state index in [0.29, 0.717) is 6.42 Å². The smallest absolute Gasteiger partial charge is 0.405 e. The van der Waals surface area contributed by atoms with Gasteiger partial charge in [-0.05, 0) is 22.6 Å². The van der Waals surface area contributed by atoms with Crippen LogP contribution in [-0.2, 0) is 11.2 Å². The zero-order valence-corrected chi connectivity index (χ0v) is 15.2. The maximum atomic E-state index is 11.3. The Morgan fingerprint density at radius 2 is 1.56 bits per heavy atom. The molecular weight excluding hydrogens is 310 g/mol. The molecule has 1 unspecified atom stereocenters. The standard InChI is InChI=1S/C22H27NO2/c1-22(2,3)20(18-12-8-5-9-13-18)15-14-19(25-21(23)24)16-17-10-6-4-7-11-17/h4-15,19-20H,16H2,1-3H3,(H2,23,24)/b15-14-/t19-,20?/m1/s1. The number of carbonyl (C=O) groups is 1. The van der Waals surface area contributed by atoms with Crippen molar-refractivity contribution in [2.75, 3.05) is 0 Å². The van der Waals surface area contributed by atoms with Crippen LogP contribution in [0.2, 0.25) is 0 Å². The monoisotopic (exact) mass is 337 g/mol. The van der Waals surface area contributed by atoms with Gasteiger partial charge in [0, 0.05) is 12.3 Å². The van der Waals surface area contributed by atoms with E-state index < -0.39 is 6.09 Å². The zero-order valence-electron chi connectivity index (χ0n) is 15.2. The molecule has 0 aliphatic rings. The van der Waals surface area contributed by atoms with Gasteiger partial charge in [0.15, 0.2) is 0 Å². The summed E-state index contributed by atoms with van der Waals surface area (Å²) in [5.41, 5.74) is 7.64. The summed E-state index contributed by atoms with van der Waals surface area (Å²) in [6, 6.07) is 20.3. The second kappa shape index (κ2) is 8.52. The predicted octanol–water partition coefficient (Wildman–Crippen LogP) is 5.08. The number of nitrogens with two attached hydrogens (primary N) is 1. The number of hydrogen-bond donors (Lipinski definition) is 1. The van der Waals surface area contributed by atoms with Crippen LogP contribution >= 0.6 is 0 Å². The van der Waals surface area contributed by atoms with Crippen molar-refractivity contribution in [3.63, 3.8) is 0 Å². The first-order valence-electron chi connectivity index (χ1n) is 8.59. The highest BCUT2D eigenvalue weighted by molar-refractivity contribution is 5.65. The van der Waals surface area contributed by atoms with Crippen LogP contribution in [0.1, 0.15) is 37.8 Å². The van der Waals surface area contributed by atoms with Crippen LogP contribution < -0.4 is 5.73 Å². The molecule has 2 rings (SSSR count). The molecule has 0 heterocycles. The highest BCUT2D eigenvalue weighted by Gasteiger charge is 2.24. The van der Waals surface area contributed by atoms with Crippen molar-refractivity contribution in [3.8, 4) is 0 Å². The molecule has 1 amide bonds. The van der Waals surface area contributed by atoms with Crippen molar-refractivity contribution in [1.82, 2.24) is 0 Å². The maximum absolute atomic E-state index is 11.3. The Balaban J connectivity index is 2.23. The van der Waals surface area contributed by atoms with Crippen molar-refractivity contribution < 1.29 is 9.53 Å². The van der Waals surface area contributed by atoms with Gasteiger partial charge in [-0.25, -0.2) is 4.79 Å². The average Bonchev–Trinajstić information content (AvgIpc) is 2.55. The molecular formula is C22H27NO2. The molecule has 2 aromatic rings. The molecule has 2 N–H and O–H groups in total. The van der Waals surface area contributed by atoms with Crippen LogP contribution in [0, 0.1) is 5.41 Å². The van der Waals surface area contributed by atoms with E-state index in [4.69, 9.17) is 10.5 Å². The molecule has 0 aromatic heterocycles. The Kier molecular flexibility index (Phi) is 6.40. The normalized spacial score (nSPS) is 14.2. The molecule has 2 atom stereocenters. The summed E-state index contributed by atoms with van der Waals surface area (Å²) >= 11 is 0. The quantitative estimate of drug-likeness (QED) is 0.747. The van der Waals surface area contributed by atoms with E-state index in [1.54, 1.807) is 0 Å². The molecule has 0 fully saturated rings. The second-order valence-corrected chi connectivity index (χ2v) is 7.30. The van der Waals surface area contributed by atoms with Gasteiger partial charge in [-0.15, -0.1) is 0 Å². The lowest BCUT2D eigenvalue weighted by molar-refractivity contribution is 0.129. The van der Waals surface area contributed by atoms with Crippen LogP contribution in [-0.4, -0.2) is 12.2 Å². The number of benzene rings is 2. The molecule has 2 aromatic carbocycles. The average molecular weight is 337 g/mol. The van der Waals surface area contributed by atoms with Crippen LogP contribution in [0.4, 0.5) is 4.79 Å². The first-order chi connectivity index (χ1) is 11.9. The van der Waals surface area contributed by atoms with Gasteiger partial charge in [-0.1, -0.05) is 87.5 Å². The maximum Gasteiger partial charge on any atom is 0.405 e. The third-order valence-corrected chi connectivity index (χ3v) is 4.16. The number of ether oxygens (including phenoxy) is 1.